The van der Waals surface area contributed by atoms with Crippen molar-refractivity contribution < 1.29 is 0 Å². The molecule has 0 atom stereocenters. The van der Waals surface area contributed by atoms with Crippen molar-refractivity contribution in [1.82, 2.24) is 0 Å². The SMILES string of the molecule is Clc1cccc(Cl)c1N1C[CH]CC1. The Balaban J connectivity index is 2.37. The first-order valence-electron chi connectivity index (χ1n) is 4.29. The summed E-state index contributed by atoms with van der Waals surface area (Å²) in [5, 5.41) is 1.48. The number of hydrogen-bond acceptors (Lipinski definition) is 1. The minimum absolute atomic E-state index is 0.739. The van der Waals surface area contributed by atoms with E-state index in [1.807, 2.05) is 18.2 Å². The van der Waals surface area contributed by atoms with E-state index in [4.69, 9.17) is 23.2 Å². The van der Waals surface area contributed by atoms with Gasteiger partial charge in [-0.3, -0.25) is 0 Å². The molecule has 1 fully saturated rings. The monoisotopic (exact) mass is 214 g/mol. The van der Waals surface area contributed by atoms with Gasteiger partial charge in [0.1, 0.15) is 0 Å². The Hall–Kier alpha value is -0.400. The molecule has 0 aliphatic carbocycles. The zero-order valence-electron chi connectivity index (χ0n) is 7.13. The molecule has 1 aliphatic rings. The van der Waals surface area contributed by atoms with Gasteiger partial charge in [0.15, 0.2) is 0 Å². The van der Waals surface area contributed by atoms with Gasteiger partial charge >= 0.3 is 0 Å². The molecule has 0 spiro atoms. The van der Waals surface area contributed by atoms with Gasteiger partial charge in [0.25, 0.3) is 0 Å². The number of benzene rings is 1. The van der Waals surface area contributed by atoms with E-state index in [0.29, 0.717) is 0 Å². The maximum absolute atomic E-state index is 6.07. The molecule has 0 amide bonds. The van der Waals surface area contributed by atoms with E-state index in [1.54, 1.807) is 0 Å². The molecule has 1 saturated heterocycles. The summed E-state index contributed by atoms with van der Waals surface area (Å²) < 4.78 is 0. The summed E-state index contributed by atoms with van der Waals surface area (Å²) in [4.78, 5) is 2.20. The maximum Gasteiger partial charge on any atom is 0.0745 e. The van der Waals surface area contributed by atoms with Crippen LogP contribution in [-0.2, 0) is 0 Å². The van der Waals surface area contributed by atoms with Crippen molar-refractivity contribution in [3.05, 3.63) is 34.7 Å². The van der Waals surface area contributed by atoms with E-state index < -0.39 is 0 Å². The summed E-state index contributed by atoms with van der Waals surface area (Å²) in [7, 11) is 0. The predicted molar refractivity (Wildman–Crippen MR) is 57.6 cm³/mol. The Labute approximate surface area is 88.3 Å². The summed E-state index contributed by atoms with van der Waals surface area (Å²) in [6.45, 7) is 1.97. The minimum Gasteiger partial charge on any atom is -0.369 e. The normalized spacial score (nSPS) is 16.6. The molecule has 1 heterocycles. The highest BCUT2D eigenvalue weighted by atomic mass is 35.5. The average molecular weight is 215 g/mol. The van der Waals surface area contributed by atoms with E-state index in [0.717, 1.165) is 35.2 Å². The lowest BCUT2D eigenvalue weighted by atomic mass is 10.3. The molecule has 3 heteroatoms. The Morgan fingerprint density at radius 2 is 1.85 bits per heavy atom. The van der Waals surface area contributed by atoms with Crippen molar-refractivity contribution in [3.63, 3.8) is 0 Å². The Kier molecular flexibility index (Phi) is 2.66. The van der Waals surface area contributed by atoms with E-state index in [1.165, 1.54) is 0 Å². The Bertz CT molecular complexity index is 286. The molecule has 0 unspecified atom stereocenters. The fraction of sp³-hybridized carbons (Fsp3) is 0.300. The van der Waals surface area contributed by atoms with Gasteiger partial charge in [-0.15, -0.1) is 0 Å². The third kappa shape index (κ3) is 1.77. The molecular formula is C10H10Cl2N. The van der Waals surface area contributed by atoms with Gasteiger partial charge in [0.2, 0.25) is 0 Å². The molecule has 0 saturated carbocycles. The highest BCUT2D eigenvalue weighted by Crippen LogP contribution is 2.34. The first-order valence-corrected chi connectivity index (χ1v) is 5.05. The van der Waals surface area contributed by atoms with Gasteiger partial charge in [-0.2, -0.15) is 0 Å². The number of anilines is 1. The lowest BCUT2D eigenvalue weighted by molar-refractivity contribution is 0.968. The van der Waals surface area contributed by atoms with Gasteiger partial charge in [0.05, 0.1) is 15.7 Å². The number of para-hydroxylation sites is 1. The number of nitrogens with zero attached hydrogens (tertiary/aromatic N) is 1. The van der Waals surface area contributed by atoms with Gasteiger partial charge in [-0.25, -0.2) is 0 Å². The molecule has 69 valence electrons. The van der Waals surface area contributed by atoms with Crippen molar-refractivity contribution in [3.8, 4) is 0 Å². The van der Waals surface area contributed by atoms with E-state index in [-0.39, 0.29) is 0 Å². The van der Waals surface area contributed by atoms with Crippen molar-refractivity contribution >= 4 is 28.9 Å². The average Bonchev–Trinajstić information content (AvgIpc) is 2.57. The third-order valence-corrected chi connectivity index (χ3v) is 2.82. The smallest absolute Gasteiger partial charge is 0.0745 e. The van der Waals surface area contributed by atoms with Crippen LogP contribution in [0.4, 0.5) is 5.69 Å². The van der Waals surface area contributed by atoms with Crippen LogP contribution in [0.25, 0.3) is 0 Å². The second kappa shape index (κ2) is 3.77. The van der Waals surface area contributed by atoms with E-state index >= 15 is 0 Å². The van der Waals surface area contributed by atoms with Crippen LogP contribution in [0.3, 0.4) is 0 Å². The molecular weight excluding hydrogens is 205 g/mol. The summed E-state index contributed by atoms with van der Waals surface area (Å²) >= 11 is 12.1. The lowest BCUT2D eigenvalue weighted by Gasteiger charge is -2.20. The second-order valence-corrected chi connectivity index (χ2v) is 3.91. The largest absolute Gasteiger partial charge is 0.369 e. The summed E-state index contributed by atoms with van der Waals surface area (Å²) in [6.07, 6.45) is 3.35. The fourth-order valence-corrected chi connectivity index (χ4v) is 2.22. The topological polar surface area (TPSA) is 3.24 Å². The van der Waals surface area contributed by atoms with Crippen LogP contribution < -0.4 is 4.90 Å². The zero-order valence-corrected chi connectivity index (χ0v) is 8.65. The van der Waals surface area contributed by atoms with Crippen LogP contribution >= 0.6 is 23.2 Å². The molecule has 0 bridgehead atoms. The van der Waals surface area contributed by atoms with Gasteiger partial charge in [-0.1, -0.05) is 29.3 Å². The van der Waals surface area contributed by atoms with Crippen molar-refractivity contribution in [2.45, 2.75) is 6.42 Å². The fourth-order valence-electron chi connectivity index (χ4n) is 1.58. The third-order valence-electron chi connectivity index (χ3n) is 2.21. The van der Waals surface area contributed by atoms with Crippen molar-refractivity contribution in [2.75, 3.05) is 18.0 Å². The van der Waals surface area contributed by atoms with Crippen LogP contribution in [0.15, 0.2) is 18.2 Å². The molecule has 1 aromatic carbocycles. The van der Waals surface area contributed by atoms with Crippen LogP contribution in [-0.4, -0.2) is 13.1 Å². The predicted octanol–water partition coefficient (Wildman–Crippen LogP) is 3.41. The molecule has 0 N–H and O–H groups in total. The van der Waals surface area contributed by atoms with Crippen LogP contribution in [0, 0.1) is 6.42 Å². The van der Waals surface area contributed by atoms with Crippen molar-refractivity contribution in [1.29, 1.82) is 0 Å². The molecule has 1 aliphatic heterocycles. The number of hydrogen-bond donors (Lipinski definition) is 0. The molecule has 1 aromatic rings. The Morgan fingerprint density at radius 1 is 1.15 bits per heavy atom. The minimum atomic E-state index is 0.739. The first kappa shape index (κ1) is 9.17. The van der Waals surface area contributed by atoms with Crippen molar-refractivity contribution in [2.24, 2.45) is 0 Å². The number of halogens is 2. The van der Waals surface area contributed by atoms with Crippen LogP contribution in [0.1, 0.15) is 6.42 Å². The number of rotatable bonds is 1. The highest BCUT2D eigenvalue weighted by molar-refractivity contribution is 6.39. The molecule has 1 nitrogen and oxygen atoms in total. The van der Waals surface area contributed by atoms with Gasteiger partial charge < -0.3 is 4.90 Å². The summed E-state index contributed by atoms with van der Waals surface area (Å²) in [5.41, 5.74) is 0.972. The van der Waals surface area contributed by atoms with Gasteiger partial charge in [-0.05, 0) is 25.0 Å². The zero-order chi connectivity index (χ0) is 9.26. The molecule has 0 aromatic heterocycles. The summed E-state index contributed by atoms with van der Waals surface area (Å²) in [5.74, 6) is 0. The van der Waals surface area contributed by atoms with Crippen LogP contribution in [0.2, 0.25) is 10.0 Å². The van der Waals surface area contributed by atoms with E-state index in [9.17, 15) is 0 Å². The maximum atomic E-state index is 6.07. The lowest BCUT2D eigenvalue weighted by Crippen LogP contribution is -2.18. The quantitative estimate of drug-likeness (QED) is 0.693. The highest BCUT2D eigenvalue weighted by Gasteiger charge is 2.17. The molecule has 2 rings (SSSR count). The van der Waals surface area contributed by atoms with E-state index in [2.05, 4.69) is 11.3 Å². The molecule has 13 heavy (non-hydrogen) atoms. The second-order valence-electron chi connectivity index (χ2n) is 3.09. The molecule has 1 radical (unpaired) electrons. The Morgan fingerprint density at radius 3 is 2.38 bits per heavy atom. The first-order chi connectivity index (χ1) is 6.29. The van der Waals surface area contributed by atoms with Gasteiger partial charge in [0, 0.05) is 13.1 Å². The standard InChI is InChI=1S/C10H10Cl2N/c11-8-4-3-5-9(12)10(8)13-6-1-2-7-13/h1,3-5H,2,6-7H2. The summed E-state index contributed by atoms with van der Waals surface area (Å²) in [6, 6.07) is 5.62. The van der Waals surface area contributed by atoms with Crippen LogP contribution in [0.5, 0.6) is 0 Å².